The lowest BCUT2D eigenvalue weighted by atomic mass is 10.2. The maximum Gasteiger partial charge on any atom is 0.289 e. The first-order valence-corrected chi connectivity index (χ1v) is 10.2. The van der Waals surface area contributed by atoms with Crippen LogP contribution in [0.5, 0.6) is 0 Å². The molecule has 4 heterocycles. The number of amides is 1. The first kappa shape index (κ1) is 19.0. The smallest absolute Gasteiger partial charge is 0.289 e. The van der Waals surface area contributed by atoms with Gasteiger partial charge in [0.05, 0.1) is 0 Å². The molecule has 0 atom stereocenters. The van der Waals surface area contributed by atoms with Gasteiger partial charge in [0.1, 0.15) is 11.4 Å². The lowest BCUT2D eigenvalue weighted by Gasteiger charge is -2.34. The summed E-state index contributed by atoms with van der Waals surface area (Å²) >= 11 is 0. The van der Waals surface area contributed by atoms with E-state index < -0.39 is 0 Å². The molecule has 1 fully saturated rings. The number of fused-ring (bicyclic) bond motifs is 1. The van der Waals surface area contributed by atoms with E-state index in [4.69, 9.17) is 4.42 Å². The number of nitrogens with zero attached hydrogens (tertiary/aromatic N) is 5. The minimum absolute atomic E-state index is 0.0767. The highest BCUT2D eigenvalue weighted by Crippen LogP contribution is 2.22. The van der Waals surface area contributed by atoms with Crippen LogP contribution in [-0.4, -0.2) is 52.2 Å². The average molecular weight is 414 g/mol. The van der Waals surface area contributed by atoms with Gasteiger partial charge in [0.25, 0.3) is 5.91 Å². The molecular weight excluding hydrogens is 392 g/mol. The van der Waals surface area contributed by atoms with Gasteiger partial charge < -0.3 is 19.5 Å². The number of aromatic nitrogens is 3. The molecule has 0 aliphatic carbocycles. The van der Waals surface area contributed by atoms with Crippen LogP contribution >= 0.6 is 0 Å². The van der Waals surface area contributed by atoms with E-state index in [-0.39, 0.29) is 5.91 Å². The zero-order valence-electron chi connectivity index (χ0n) is 17.2. The molecule has 1 amide bonds. The van der Waals surface area contributed by atoms with E-state index in [1.807, 2.05) is 72.5 Å². The molecule has 0 radical (unpaired) electrons. The summed E-state index contributed by atoms with van der Waals surface area (Å²) in [7, 11) is 0. The molecule has 1 N–H and O–H groups in total. The van der Waals surface area contributed by atoms with Crippen molar-refractivity contribution in [2.24, 2.45) is 0 Å². The summed E-state index contributed by atoms with van der Waals surface area (Å²) in [6.45, 7) is 4.52. The van der Waals surface area contributed by atoms with Gasteiger partial charge in [-0.05, 0) is 43.3 Å². The van der Waals surface area contributed by atoms with Crippen molar-refractivity contribution in [1.82, 2.24) is 20.1 Å². The molecule has 1 aromatic carbocycles. The first-order valence-electron chi connectivity index (χ1n) is 10.2. The Hall–Kier alpha value is -3.94. The molecule has 0 spiro atoms. The van der Waals surface area contributed by atoms with Gasteiger partial charge in [0, 0.05) is 37.3 Å². The van der Waals surface area contributed by atoms with Gasteiger partial charge in [-0.3, -0.25) is 4.79 Å². The van der Waals surface area contributed by atoms with E-state index in [9.17, 15) is 4.79 Å². The summed E-state index contributed by atoms with van der Waals surface area (Å²) in [5.74, 6) is 2.47. The van der Waals surface area contributed by atoms with Gasteiger partial charge in [-0.15, -0.1) is 10.2 Å². The highest BCUT2D eigenvalue weighted by atomic mass is 16.3. The van der Waals surface area contributed by atoms with Gasteiger partial charge in [-0.25, -0.2) is 4.98 Å². The second-order valence-corrected chi connectivity index (χ2v) is 7.49. The number of anilines is 3. The van der Waals surface area contributed by atoms with Crippen LogP contribution in [-0.2, 0) is 0 Å². The van der Waals surface area contributed by atoms with E-state index in [0.717, 1.165) is 28.3 Å². The summed E-state index contributed by atoms with van der Waals surface area (Å²) in [6.07, 6.45) is 0. The molecule has 4 aromatic rings. The summed E-state index contributed by atoms with van der Waals surface area (Å²) in [5, 5.41) is 12.7. The monoisotopic (exact) mass is 414 g/mol. The third-order valence-corrected chi connectivity index (χ3v) is 5.32. The minimum atomic E-state index is -0.0767. The Kier molecular flexibility index (Phi) is 4.95. The number of para-hydroxylation sites is 1. The molecule has 156 valence electrons. The molecule has 0 unspecified atom stereocenters. The zero-order chi connectivity index (χ0) is 21.2. The minimum Gasteiger partial charge on any atom is -0.451 e. The predicted molar refractivity (Wildman–Crippen MR) is 119 cm³/mol. The van der Waals surface area contributed by atoms with Crippen LogP contribution in [0.2, 0.25) is 0 Å². The van der Waals surface area contributed by atoms with E-state index in [2.05, 4.69) is 25.4 Å². The van der Waals surface area contributed by atoms with E-state index in [1.165, 1.54) is 0 Å². The highest BCUT2D eigenvalue weighted by molar-refractivity contribution is 5.96. The van der Waals surface area contributed by atoms with Crippen LogP contribution in [0.4, 0.5) is 17.5 Å². The molecule has 1 saturated heterocycles. The van der Waals surface area contributed by atoms with Crippen molar-refractivity contribution in [2.75, 3.05) is 36.4 Å². The first-order chi connectivity index (χ1) is 15.2. The van der Waals surface area contributed by atoms with Gasteiger partial charge >= 0.3 is 0 Å². The van der Waals surface area contributed by atoms with Crippen LogP contribution in [0.1, 0.15) is 16.2 Å². The number of rotatable bonds is 4. The molecule has 1 aliphatic heterocycles. The number of nitrogens with one attached hydrogen (secondary N) is 1. The van der Waals surface area contributed by atoms with Crippen LogP contribution in [0, 0.1) is 6.92 Å². The topological polar surface area (TPSA) is 87.4 Å². The second-order valence-electron chi connectivity index (χ2n) is 7.49. The van der Waals surface area contributed by atoms with Crippen molar-refractivity contribution in [3.05, 3.63) is 72.1 Å². The molecule has 5 rings (SSSR count). The fourth-order valence-corrected chi connectivity index (χ4v) is 3.69. The zero-order valence-corrected chi connectivity index (χ0v) is 17.2. The van der Waals surface area contributed by atoms with E-state index in [0.29, 0.717) is 37.8 Å². The Bertz CT molecular complexity index is 1180. The second kappa shape index (κ2) is 8.06. The summed E-state index contributed by atoms with van der Waals surface area (Å²) in [4.78, 5) is 21.2. The van der Waals surface area contributed by atoms with Crippen molar-refractivity contribution in [3.63, 3.8) is 0 Å². The van der Waals surface area contributed by atoms with Gasteiger partial charge in [-0.1, -0.05) is 24.3 Å². The molecule has 3 aromatic heterocycles. The summed E-state index contributed by atoms with van der Waals surface area (Å²) in [6, 6.07) is 19.1. The number of piperazine rings is 1. The molecule has 0 bridgehead atoms. The van der Waals surface area contributed by atoms with Crippen LogP contribution in [0.25, 0.3) is 11.0 Å². The number of hydrogen-bond donors (Lipinski definition) is 1. The fourth-order valence-electron chi connectivity index (χ4n) is 3.69. The van der Waals surface area contributed by atoms with Crippen LogP contribution in [0.15, 0.2) is 65.1 Å². The normalized spacial score (nSPS) is 14.1. The van der Waals surface area contributed by atoms with E-state index in [1.54, 1.807) is 0 Å². The van der Waals surface area contributed by atoms with Crippen LogP contribution in [0.3, 0.4) is 0 Å². The van der Waals surface area contributed by atoms with E-state index >= 15 is 0 Å². The molecule has 31 heavy (non-hydrogen) atoms. The van der Waals surface area contributed by atoms with Gasteiger partial charge in [0.2, 0.25) is 0 Å². The fraction of sp³-hybridized carbons (Fsp3) is 0.217. The number of benzene rings is 1. The Morgan fingerprint density at radius 3 is 2.52 bits per heavy atom. The standard InChI is InChI=1S/C23H22N6O2/c1-16-5-4-8-20(24-16)25-21-9-10-22(27-26-21)28-11-13-29(14-12-28)23(30)19-15-17-6-2-3-7-18(17)31-19/h2-10,15H,11-14H2,1H3,(H,24,25,26). The predicted octanol–water partition coefficient (Wildman–Crippen LogP) is 3.63. The summed E-state index contributed by atoms with van der Waals surface area (Å²) in [5.41, 5.74) is 1.67. The quantitative estimate of drug-likeness (QED) is 0.546. The van der Waals surface area contributed by atoms with Gasteiger partial charge in [-0.2, -0.15) is 0 Å². The van der Waals surface area contributed by atoms with Crippen molar-refractivity contribution in [2.45, 2.75) is 6.92 Å². The Labute approximate surface area is 179 Å². The third-order valence-electron chi connectivity index (χ3n) is 5.32. The lowest BCUT2D eigenvalue weighted by molar-refractivity contribution is 0.0717. The Morgan fingerprint density at radius 2 is 1.77 bits per heavy atom. The van der Waals surface area contributed by atoms with Crippen molar-refractivity contribution < 1.29 is 9.21 Å². The molecular formula is C23H22N6O2. The SMILES string of the molecule is Cc1cccc(Nc2ccc(N3CCN(C(=O)c4cc5ccccc5o4)CC3)nn2)n1. The number of aryl methyl sites for hydroxylation is 1. The number of carbonyl (C=O) groups is 1. The number of hydrogen-bond acceptors (Lipinski definition) is 7. The third kappa shape index (κ3) is 4.05. The maximum atomic E-state index is 12.8. The number of carbonyl (C=O) groups excluding carboxylic acids is 1. The largest absolute Gasteiger partial charge is 0.451 e. The highest BCUT2D eigenvalue weighted by Gasteiger charge is 2.25. The molecule has 8 nitrogen and oxygen atoms in total. The Morgan fingerprint density at radius 1 is 0.935 bits per heavy atom. The maximum absolute atomic E-state index is 12.8. The van der Waals surface area contributed by atoms with Gasteiger partial charge in [0.15, 0.2) is 17.4 Å². The number of pyridine rings is 1. The molecule has 0 saturated carbocycles. The summed E-state index contributed by atoms with van der Waals surface area (Å²) < 4.78 is 5.72. The lowest BCUT2D eigenvalue weighted by Crippen LogP contribution is -2.49. The molecule has 1 aliphatic rings. The number of furan rings is 1. The average Bonchev–Trinajstić information content (AvgIpc) is 3.24. The Balaban J connectivity index is 1.20. The van der Waals surface area contributed by atoms with Crippen molar-refractivity contribution >= 4 is 34.3 Å². The van der Waals surface area contributed by atoms with Crippen molar-refractivity contribution in [1.29, 1.82) is 0 Å². The molecule has 8 heteroatoms. The van der Waals surface area contributed by atoms with Crippen molar-refractivity contribution in [3.8, 4) is 0 Å². The van der Waals surface area contributed by atoms with Crippen LogP contribution < -0.4 is 10.2 Å².